The number of hydrogen-bond acceptors (Lipinski definition) is 4. The minimum Gasteiger partial charge on any atom is -0.326 e. The van der Waals surface area contributed by atoms with Crippen molar-refractivity contribution in [3.63, 3.8) is 0 Å². The zero-order valence-corrected chi connectivity index (χ0v) is 12.5. The summed E-state index contributed by atoms with van der Waals surface area (Å²) < 4.78 is 0. The highest BCUT2D eigenvalue weighted by atomic mass is 16.2. The zero-order valence-electron chi connectivity index (χ0n) is 12.5. The number of carbonyl (C=O) groups is 2. The van der Waals surface area contributed by atoms with Gasteiger partial charge in [0, 0.05) is 17.9 Å². The van der Waals surface area contributed by atoms with Crippen LogP contribution < -0.4 is 16.0 Å². The van der Waals surface area contributed by atoms with Crippen molar-refractivity contribution in [2.75, 3.05) is 44.4 Å². The van der Waals surface area contributed by atoms with Gasteiger partial charge in [0.25, 0.3) is 0 Å². The Kier molecular flexibility index (Phi) is 5.30. The van der Waals surface area contributed by atoms with Crippen molar-refractivity contribution in [3.05, 3.63) is 24.3 Å². The van der Waals surface area contributed by atoms with E-state index in [0.717, 1.165) is 30.9 Å². The van der Waals surface area contributed by atoms with Crippen molar-refractivity contribution < 1.29 is 9.59 Å². The van der Waals surface area contributed by atoms with Crippen LogP contribution in [-0.2, 0) is 9.59 Å². The SMILES string of the molecule is CN(C)CC(=O)Nc1ccc(NC(=O)C2CCNC2)cc1. The molecule has 0 radical (unpaired) electrons. The molecule has 1 heterocycles. The fourth-order valence-electron chi connectivity index (χ4n) is 2.25. The van der Waals surface area contributed by atoms with Gasteiger partial charge < -0.3 is 20.9 Å². The molecule has 1 aromatic carbocycles. The molecular formula is C15H22N4O2. The summed E-state index contributed by atoms with van der Waals surface area (Å²) in [7, 11) is 3.69. The molecule has 21 heavy (non-hydrogen) atoms. The van der Waals surface area contributed by atoms with E-state index < -0.39 is 0 Å². The maximum absolute atomic E-state index is 12.0. The van der Waals surface area contributed by atoms with Gasteiger partial charge in [0.2, 0.25) is 11.8 Å². The lowest BCUT2D eigenvalue weighted by Gasteiger charge is -2.12. The minimum atomic E-state index is -0.0613. The van der Waals surface area contributed by atoms with Gasteiger partial charge in [-0.25, -0.2) is 0 Å². The van der Waals surface area contributed by atoms with E-state index in [9.17, 15) is 9.59 Å². The number of nitrogens with one attached hydrogen (secondary N) is 3. The molecule has 6 nitrogen and oxygen atoms in total. The van der Waals surface area contributed by atoms with Gasteiger partial charge in [-0.2, -0.15) is 0 Å². The van der Waals surface area contributed by atoms with E-state index in [2.05, 4.69) is 16.0 Å². The molecule has 1 aliphatic rings. The van der Waals surface area contributed by atoms with Crippen molar-refractivity contribution in [2.24, 2.45) is 5.92 Å². The summed E-state index contributed by atoms with van der Waals surface area (Å²) in [6.45, 7) is 1.98. The van der Waals surface area contributed by atoms with Gasteiger partial charge >= 0.3 is 0 Å². The standard InChI is InChI=1S/C15H22N4O2/c1-19(2)10-14(20)17-12-3-5-13(6-4-12)18-15(21)11-7-8-16-9-11/h3-6,11,16H,7-10H2,1-2H3,(H,17,20)(H,18,21). The normalized spacial score (nSPS) is 17.8. The van der Waals surface area contributed by atoms with Crippen LogP contribution in [0, 0.1) is 5.92 Å². The van der Waals surface area contributed by atoms with Gasteiger partial charge in [-0.3, -0.25) is 9.59 Å². The van der Waals surface area contributed by atoms with E-state index >= 15 is 0 Å². The first-order valence-corrected chi connectivity index (χ1v) is 7.11. The van der Waals surface area contributed by atoms with Gasteiger partial charge in [0.1, 0.15) is 0 Å². The smallest absolute Gasteiger partial charge is 0.238 e. The van der Waals surface area contributed by atoms with Crippen LogP contribution in [0.3, 0.4) is 0 Å². The molecule has 2 rings (SSSR count). The van der Waals surface area contributed by atoms with Crippen molar-refractivity contribution in [1.29, 1.82) is 0 Å². The molecular weight excluding hydrogens is 268 g/mol. The molecule has 0 aliphatic carbocycles. The van der Waals surface area contributed by atoms with E-state index in [1.54, 1.807) is 29.2 Å². The van der Waals surface area contributed by atoms with Crippen LogP contribution in [0.15, 0.2) is 24.3 Å². The summed E-state index contributed by atoms with van der Waals surface area (Å²) in [5.74, 6) is 0.0303. The third kappa shape index (κ3) is 4.84. The summed E-state index contributed by atoms with van der Waals surface area (Å²) in [6.07, 6.45) is 0.879. The third-order valence-electron chi connectivity index (χ3n) is 3.33. The van der Waals surface area contributed by atoms with Crippen LogP contribution >= 0.6 is 0 Å². The molecule has 1 aliphatic heterocycles. The number of carbonyl (C=O) groups excluding carboxylic acids is 2. The lowest BCUT2D eigenvalue weighted by molar-refractivity contribution is -0.119. The Labute approximate surface area is 124 Å². The Bertz CT molecular complexity index is 493. The van der Waals surface area contributed by atoms with Crippen LogP contribution in [0.2, 0.25) is 0 Å². The molecule has 0 spiro atoms. The van der Waals surface area contributed by atoms with E-state index in [-0.39, 0.29) is 17.7 Å². The van der Waals surface area contributed by atoms with Crippen molar-refractivity contribution in [3.8, 4) is 0 Å². The van der Waals surface area contributed by atoms with Crippen molar-refractivity contribution in [1.82, 2.24) is 10.2 Å². The van der Waals surface area contributed by atoms with E-state index in [1.165, 1.54) is 0 Å². The van der Waals surface area contributed by atoms with E-state index in [0.29, 0.717) is 6.54 Å². The van der Waals surface area contributed by atoms with Gasteiger partial charge in [-0.15, -0.1) is 0 Å². The molecule has 1 aromatic rings. The lowest BCUT2D eigenvalue weighted by Crippen LogP contribution is -2.27. The first-order valence-electron chi connectivity index (χ1n) is 7.11. The highest BCUT2D eigenvalue weighted by Crippen LogP contribution is 2.16. The first-order chi connectivity index (χ1) is 10.0. The molecule has 1 fully saturated rings. The molecule has 1 atom stereocenters. The summed E-state index contributed by atoms with van der Waals surface area (Å²) in [5.41, 5.74) is 1.47. The number of benzene rings is 1. The fourth-order valence-corrected chi connectivity index (χ4v) is 2.25. The average molecular weight is 290 g/mol. The Morgan fingerprint density at radius 1 is 1.19 bits per heavy atom. The summed E-state index contributed by atoms with van der Waals surface area (Å²) >= 11 is 0. The largest absolute Gasteiger partial charge is 0.326 e. The van der Waals surface area contributed by atoms with Crippen molar-refractivity contribution >= 4 is 23.2 Å². The molecule has 114 valence electrons. The van der Waals surface area contributed by atoms with E-state index in [1.807, 2.05) is 14.1 Å². The quantitative estimate of drug-likeness (QED) is 0.747. The van der Waals surface area contributed by atoms with Gasteiger partial charge in [0.05, 0.1) is 12.5 Å². The molecule has 0 aromatic heterocycles. The summed E-state index contributed by atoms with van der Waals surface area (Å²) in [6, 6.07) is 7.17. The van der Waals surface area contributed by atoms with Crippen molar-refractivity contribution in [2.45, 2.75) is 6.42 Å². The Hall–Kier alpha value is -1.92. The number of anilines is 2. The zero-order chi connectivity index (χ0) is 15.2. The van der Waals surface area contributed by atoms with Crippen LogP contribution in [0.4, 0.5) is 11.4 Å². The minimum absolute atomic E-state index is 0.0457. The first kappa shape index (κ1) is 15.5. The molecule has 0 saturated carbocycles. The number of hydrogen-bond donors (Lipinski definition) is 3. The average Bonchev–Trinajstić information content (AvgIpc) is 2.94. The van der Waals surface area contributed by atoms with Gasteiger partial charge in [-0.05, 0) is 51.3 Å². The summed E-state index contributed by atoms with van der Waals surface area (Å²) in [4.78, 5) is 25.4. The Balaban J connectivity index is 1.86. The monoisotopic (exact) mass is 290 g/mol. The predicted octanol–water partition coefficient (Wildman–Crippen LogP) is 0.735. The number of rotatable bonds is 5. The topological polar surface area (TPSA) is 73.5 Å². The van der Waals surface area contributed by atoms with Crippen LogP contribution in [0.5, 0.6) is 0 Å². The molecule has 1 unspecified atom stereocenters. The second kappa shape index (κ2) is 7.19. The molecule has 2 amide bonds. The summed E-state index contributed by atoms with van der Waals surface area (Å²) in [5, 5.41) is 8.88. The molecule has 1 saturated heterocycles. The number of amides is 2. The van der Waals surface area contributed by atoms with E-state index in [4.69, 9.17) is 0 Å². The van der Waals surface area contributed by atoms with Crippen LogP contribution in [0.1, 0.15) is 6.42 Å². The molecule has 6 heteroatoms. The highest BCUT2D eigenvalue weighted by Gasteiger charge is 2.22. The highest BCUT2D eigenvalue weighted by molar-refractivity contribution is 5.94. The Morgan fingerprint density at radius 2 is 1.81 bits per heavy atom. The fraction of sp³-hybridized carbons (Fsp3) is 0.467. The molecule has 3 N–H and O–H groups in total. The number of nitrogens with zero attached hydrogens (tertiary/aromatic N) is 1. The van der Waals surface area contributed by atoms with Crippen LogP contribution in [0.25, 0.3) is 0 Å². The molecule has 0 bridgehead atoms. The second-order valence-corrected chi connectivity index (χ2v) is 5.54. The maximum Gasteiger partial charge on any atom is 0.238 e. The second-order valence-electron chi connectivity index (χ2n) is 5.54. The van der Waals surface area contributed by atoms with Gasteiger partial charge in [-0.1, -0.05) is 0 Å². The lowest BCUT2D eigenvalue weighted by atomic mass is 10.1. The third-order valence-corrected chi connectivity index (χ3v) is 3.33. The Morgan fingerprint density at radius 3 is 2.33 bits per heavy atom. The van der Waals surface area contributed by atoms with Gasteiger partial charge in [0.15, 0.2) is 0 Å². The number of likely N-dealkylation sites (N-methyl/N-ethyl adjacent to an activating group) is 1. The van der Waals surface area contributed by atoms with Crippen LogP contribution in [-0.4, -0.2) is 50.4 Å². The maximum atomic E-state index is 12.0. The predicted molar refractivity (Wildman–Crippen MR) is 83.2 cm³/mol.